The first kappa shape index (κ1) is 37.3. The highest BCUT2D eigenvalue weighted by molar-refractivity contribution is 6.30. The predicted octanol–water partition coefficient (Wildman–Crippen LogP) is 3.68. The summed E-state index contributed by atoms with van der Waals surface area (Å²) in [5, 5.41) is 16.3. The van der Waals surface area contributed by atoms with E-state index in [1.54, 1.807) is 24.3 Å². The summed E-state index contributed by atoms with van der Waals surface area (Å²) in [4.78, 5) is 67.4. The lowest BCUT2D eigenvalue weighted by atomic mass is 9.97. The summed E-state index contributed by atoms with van der Waals surface area (Å²) in [6.45, 7) is 2.01. The zero-order valence-corrected chi connectivity index (χ0v) is 26.6. The fraction of sp³-hybridized carbons (Fsp3) is 0.312. The van der Waals surface area contributed by atoms with Crippen molar-refractivity contribution in [3.63, 3.8) is 0 Å². The SMILES string of the molecule is COc1ccc(C(NC(=O)C(Cc2cccc(Cl)c2)NC(=O)c2ccc(OCC(=O)O)cn2)C(=O)N[C@H](C(=O)C(F)(F)F)C(C)C)cc1. The molecular formula is C32H32ClF3N4O8. The maximum Gasteiger partial charge on any atom is 0.452 e. The molecule has 3 amide bonds. The Balaban J connectivity index is 1.94. The Labute approximate surface area is 278 Å². The highest BCUT2D eigenvalue weighted by Crippen LogP contribution is 2.24. The van der Waals surface area contributed by atoms with Crippen LogP contribution in [0.4, 0.5) is 13.2 Å². The fourth-order valence-electron chi connectivity index (χ4n) is 4.37. The number of hydrogen-bond acceptors (Lipinski definition) is 8. The number of carboxylic acids is 1. The molecule has 4 N–H and O–H groups in total. The lowest BCUT2D eigenvalue weighted by Gasteiger charge is -2.27. The number of ether oxygens (including phenoxy) is 2. The highest BCUT2D eigenvalue weighted by atomic mass is 35.5. The van der Waals surface area contributed by atoms with Crippen molar-refractivity contribution in [1.82, 2.24) is 20.9 Å². The Bertz CT molecular complexity index is 1620. The monoisotopic (exact) mass is 692 g/mol. The molecule has 48 heavy (non-hydrogen) atoms. The first-order valence-corrected chi connectivity index (χ1v) is 14.7. The Hall–Kier alpha value is -5.18. The molecule has 3 aromatic rings. The van der Waals surface area contributed by atoms with E-state index in [0.29, 0.717) is 16.3 Å². The molecule has 1 aromatic heterocycles. The van der Waals surface area contributed by atoms with Crippen molar-refractivity contribution in [2.75, 3.05) is 13.7 Å². The van der Waals surface area contributed by atoms with Gasteiger partial charge in [-0.1, -0.05) is 49.7 Å². The van der Waals surface area contributed by atoms with Crippen molar-refractivity contribution >= 4 is 41.1 Å². The minimum absolute atomic E-state index is 0.0687. The van der Waals surface area contributed by atoms with Crippen LogP contribution in [0.25, 0.3) is 0 Å². The van der Waals surface area contributed by atoms with Gasteiger partial charge in [-0.2, -0.15) is 13.2 Å². The van der Waals surface area contributed by atoms with Gasteiger partial charge in [-0.05, 0) is 53.4 Å². The van der Waals surface area contributed by atoms with Crippen LogP contribution in [0.5, 0.6) is 11.5 Å². The van der Waals surface area contributed by atoms with Gasteiger partial charge in [0.25, 0.3) is 11.7 Å². The molecule has 1 heterocycles. The number of methoxy groups -OCH3 is 1. The number of Topliss-reactive ketones (excluding diaryl/α,β-unsaturated/α-hetero) is 1. The summed E-state index contributed by atoms with van der Waals surface area (Å²) in [7, 11) is 1.39. The number of carbonyl (C=O) groups excluding carboxylic acids is 4. The number of ketones is 1. The van der Waals surface area contributed by atoms with Crippen molar-refractivity contribution in [2.45, 2.75) is 44.6 Å². The van der Waals surface area contributed by atoms with E-state index in [0.717, 1.165) is 6.20 Å². The first-order valence-electron chi connectivity index (χ1n) is 14.3. The van der Waals surface area contributed by atoms with Gasteiger partial charge < -0.3 is 30.5 Å². The van der Waals surface area contributed by atoms with Gasteiger partial charge in [0.1, 0.15) is 29.3 Å². The molecule has 2 aromatic carbocycles. The highest BCUT2D eigenvalue weighted by Gasteiger charge is 2.45. The second-order valence-electron chi connectivity index (χ2n) is 10.7. The van der Waals surface area contributed by atoms with Gasteiger partial charge in [-0.3, -0.25) is 19.2 Å². The Kier molecular flexibility index (Phi) is 12.9. The number of benzene rings is 2. The lowest BCUT2D eigenvalue weighted by Crippen LogP contribution is -2.55. The predicted molar refractivity (Wildman–Crippen MR) is 165 cm³/mol. The fourth-order valence-corrected chi connectivity index (χ4v) is 4.59. The van der Waals surface area contributed by atoms with Gasteiger partial charge in [0.2, 0.25) is 11.8 Å². The van der Waals surface area contributed by atoms with E-state index < -0.39 is 66.3 Å². The summed E-state index contributed by atoms with van der Waals surface area (Å²) >= 11 is 6.11. The quantitative estimate of drug-likeness (QED) is 0.185. The third-order valence-electron chi connectivity index (χ3n) is 6.81. The number of rotatable bonds is 15. The number of aliphatic carboxylic acids is 1. The smallest absolute Gasteiger partial charge is 0.452 e. The van der Waals surface area contributed by atoms with Crippen LogP contribution in [0.2, 0.25) is 5.02 Å². The number of alkyl halides is 3. The second kappa shape index (κ2) is 16.6. The zero-order chi connectivity index (χ0) is 35.6. The molecule has 0 aliphatic heterocycles. The number of aromatic nitrogens is 1. The van der Waals surface area contributed by atoms with Crippen LogP contribution in [-0.4, -0.2) is 71.5 Å². The third kappa shape index (κ3) is 10.7. The molecule has 0 fully saturated rings. The van der Waals surface area contributed by atoms with Gasteiger partial charge in [0.05, 0.1) is 19.3 Å². The zero-order valence-electron chi connectivity index (χ0n) is 25.8. The van der Waals surface area contributed by atoms with Crippen LogP contribution in [0.15, 0.2) is 66.9 Å². The molecule has 0 saturated carbocycles. The topological polar surface area (TPSA) is 173 Å². The molecule has 0 spiro atoms. The number of hydrogen-bond donors (Lipinski definition) is 4. The molecular weight excluding hydrogens is 661 g/mol. The molecule has 0 aliphatic rings. The molecule has 2 unspecified atom stereocenters. The van der Waals surface area contributed by atoms with Crippen LogP contribution in [0.1, 0.15) is 41.5 Å². The number of halogens is 4. The van der Waals surface area contributed by atoms with Crippen LogP contribution in [0.3, 0.4) is 0 Å². The standard InChI is InChI=1S/C32H32ClF3N4O8/c1-17(2)26(28(43)32(34,35)36)39-31(46)27(19-7-9-21(47-3)10-8-19)40-30(45)24(14-18-5-4-6-20(33)13-18)38-29(44)23-12-11-22(15-37-23)48-16-25(41)42/h4-13,15,17,24,26-27H,14,16H2,1-3H3,(H,38,44)(H,39,46)(H,40,45)(H,41,42)/t24?,26-,27?/m0/s1. The molecule has 16 heteroatoms. The van der Waals surface area contributed by atoms with E-state index in [1.807, 2.05) is 0 Å². The van der Waals surface area contributed by atoms with Gasteiger partial charge in [0, 0.05) is 11.4 Å². The molecule has 0 aliphatic carbocycles. The van der Waals surface area contributed by atoms with Gasteiger partial charge >= 0.3 is 12.1 Å². The minimum Gasteiger partial charge on any atom is -0.497 e. The first-order chi connectivity index (χ1) is 22.6. The van der Waals surface area contributed by atoms with E-state index >= 15 is 0 Å². The summed E-state index contributed by atoms with van der Waals surface area (Å²) in [6.07, 6.45) is -4.26. The Morgan fingerprint density at radius 1 is 0.917 bits per heavy atom. The van der Waals surface area contributed by atoms with Crippen LogP contribution >= 0.6 is 11.6 Å². The van der Waals surface area contributed by atoms with E-state index in [2.05, 4.69) is 20.9 Å². The Morgan fingerprint density at radius 3 is 2.12 bits per heavy atom. The van der Waals surface area contributed by atoms with Crippen molar-refractivity contribution in [3.05, 3.63) is 88.7 Å². The van der Waals surface area contributed by atoms with Crippen LogP contribution < -0.4 is 25.4 Å². The number of amides is 3. The average molecular weight is 693 g/mol. The number of carboxylic acid groups (broad SMARTS) is 1. The third-order valence-corrected chi connectivity index (χ3v) is 7.04. The Morgan fingerprint density at radius 2 is 1.58 bits per heavy atom. The number of pyridine rings is 1. The minimum atomic E-state index is -5.23. The van der Waals surface area contributed by atoms with E-state index in [4.69, 9.17) is 26.2 Å². The summed E-state index contributed by atoms with van der Waals surface area (Å²) < 4.78 is 50.2. The van der Waals surface area contributed by atoms with Gasteiger partial charge in [-0.15, -0.1) is 0 Å². The van der Waals surface area contributed by atoms with E-state index in [1.165, 1.54) is 57.4 Å². The second-order valence-corrected chi connectivity index (χ2v) is 11.2. The molecule has 12 nitrogen and oxygen atoms in total. The molecule has 3 atom stereocenters. The molecule has 3 rings (SSSR count). The van der Waals surface area contributed by atoms with Gasteiger partial charge in [-0.25, -0.2) is 9.78 Å². The summed E-state index contributed by atoms with van der Waals surface area (Å²) in [6, 6.07) is 9.70. The van der Waals surface area contributed by atoms with E-state index in [-0.39, 0.29) is 23.4 Å². The number of nitrogens with one attached hydrogen (secondary N) is 3. The van der Waals surface area contributed by atoms with Gasteiger partial charge in [0.15, 0.2) is 6.61 Å². The largest absolute Gasteiger partial charge is 0.497 e. The maximum absolute atomic E-state index is 13.8. The molecule has 0 saturated heterocycles. The van der Waals surface area contributed by atoms with Crippen molar-refractivity contribution in [3.8, 4) is 11.5 Å². The molecule has 0 radical (unpaired) electrons. The van der Waals surface area contributed by atoms with Crippen molar-refractivity contribution in [2.24, 2.45) is 5.92 Å². The normalized spacial score (nSPS) is 13.1. The molecule has 0 bridgehead atoms. The van der Waals surface area contributed by atoms with E-state index in [9.17, 15) is 37.1 Å². The average Bonchev–Trinajstić information content (AvgIpc) is 3.04. The number of carbonyl (C=O) groups is 5. The maximum atomic E-state index is 13.8. The van der Waals surface area contributed by atoms with Crippen LogP contribution in [0, 0.1) is 5.92 Å². The lowest BCUT2D eigenvalue weighted by molar-refractivity contribution is -0.175. The summed E-state index contributed by atoms with van der Waals surface area (Å²) in [5.74, 6) is -6.75. The summed E-state index contributed by atoms with van der Waals surface area (Å²) in [5.41, 5.74) is 0.473. The van der Waals surface area contributed by atoms with Crippen molar-refractivity contribution in [1.29, 1.82) is 0 Å². The van der Waals surface area contributed by atoms with Crippen LogP contribution in [-0.2, 0) is 25.6 Å². The number of nitrogens with zero attached hydrogens (tertiary/aromatic N) is 1. The molecule has 256 valence electrons. The van der Waals surface area contributed by atoms with Crippen molar-refractivity contribution < 1.29 is 51.7 Å².